The first-order chi connectivity index (χ1) is 11.2. The molecule has 2 atom stereocenters. The zero-order valence-corrected chi connectivity index (χ0v) is 13.2. The lowest BCUT2D eigenvalue weighted by Gasteiger charge is -2.23. The molecule has 3 heteroatoms. The number of nitrogens with zero attached hydrogens (tertiary/aromatic N) is 2. The highest BCUT2D eigenvalue weighted by Gasteiger charge is 2.22. The SMILES string of the molecule is CCC1=CC(C(C=N)/C(C#N)=C/c2cccc(C#N)c2)CC=C1. The fourth-order valence-corrected chi connectivity index (χ4v) is 2.79. The summed E-state index contributed by atoms with van der Waals surface area (Å²) in [4.78, 5) is 0. The van der Waals surface area contributed by atoms with Gasteiger partial charge in [0, 0.05) is 17.7 Å². The minimum atomic E-state index is -0.239. The van der Waals surface area contributed by atoms with Gasteiger partial charge in [0.15, 0.2) is 0 Å². The minimum absolute atomic E-state index is 0.137. The van der Waals surface area contributed by atoms with Crippen molar-refractivity contribution in [3.05, 3.63) is 64.8 Å². The van der Waals surface area contributed by atoms with E-state index in [1.807, 2.05) is 6.07 Å². The summed E-state index contributed by atoms with van der Waals surface area (Å²) >= 11 is 0. The predicted molar refractivity (Wildman–Crippen MR) is 92.6 cm³/mol. The van der Waals surface area contributed by atoms with Crippen molar-refractivity contribution < 1.29 is 0 Å². The summed E-state index contributed by atoms with van der Waals surface area (Å²) < 4.78 is 0. The van der Waals surface area contributed by atoms with Crippen LogP contribution in [0.2, 0.25) is 0 Å². The van der Waals surface area contributed by atoms with Crippen LogP contribution >= 0.6 is 0 Å². The van der Waals surface area contributed by atoms with Crippen LogP contribution in [0.25, 0.3) is 6.08 Å². The van der Waals surface area contributed by atoms with E-state index in [1.165, 1.54) is 11.8 Å². The first kappa shape index (κ1) is 16.5. The lowest BCUT2D eigenvalue weighted by Crippen LogP contribution is -2.17. The molecule has 3 nitrogen and oxygen atoms in total. The molecule has 0 radical (unpaired) electrons. The van der Waals surface area contributed by atoms with E-state index in [0.717, 1.165) is 18.4 Å². The van der Waals surface area contributed by atoms with Gasteiger partial charge in [-0.25, -0.2) is 0 Å². The third-order valence-electron chi connectivity index (χ3n) is 4.04. The average molecular weight is 301 g/mol. The van der Waals surface area contributed by atoms with Crippen LogP contribution in [0.4, 0.5) is 0 Å². The van der Waals surface area contributed by atoms with Crippen LogP contribution in [0.1, 0.15) is 30.9 Å². The lowest BCUT2D eigenvalue weighted by atomic mass is 9.80. The molecule has 2 rings (SSSR count). The molecule has 0 fully saturated rings. The molecule has 0 amide bonds. The number of allylic oxidation sites excluding steroid dienone is 5. The van der Waals surface area contributed by atoms with E-state index in [0.29, 0.717) is 11.1 Å². The molecule has 1 aromatic carbocycles. The molecule has 2 unspecified atom stereocenters. The molecule has 0 aromatic heterocycles. The van der Waals surface area contributed by atoms with E-state index < -0.39 is 0 Å². The maximum Gasteiger partial charge on any atom is 0.0991 e. The fourth-order valence-electron chi connectivity index (χ4n) is 2.79. The Morgan fingerprint density at radius 1 is 1.43 bits per heavy atom. The molecule has 23 heavy (non-hydrogen) atoms. The van der Waals surface area contributed by atoms with Crippen molar-refractivity contribution in [2.24, 2.45) is 11.8 Å². The van der Waals surface area contributed by atoms with Crippen LogP contribution < -0.4 is 0 Å². The molecule has 1 aliphatic rings. The molecule has 0 aliphatic heterocycles. The molecule has 0 saturated heterocycles. The summed E-state index contributed by atoms with van der Waals surface area (Å²) in [5.74, 6) is -0.102. The summed E-state index contributed by atoms with van der Waals surface area (Å²) in [6.45, 7) is 2.10. The Balaban J connectivity index is 2.34. The third kappa shape index (κ3) is 4.05. The van der Waals surface area contributed by atoms with Gasteiger partial charge >= 0.3 is 0 Å². The van der Waals surface area contributed by atoms with E-state index in [9.17, 15) is 5.26 Å². The zero-order valence-electron chi connectivity index (χ0n) is 13.2. The van der Waals surface area contributed by atoms with Crippen molar-refractivity contribution in [2.45, 2.75) is 19.8 Å². The topological polar surface area (TPSA) is 71.4 Å². The molecular formula is C20H19N3. The predicted octanol–water partition coefficient (Wildman–Crippen LogP) is 4.64. The van der Waals surface area contributed by atoms with E-state index in [4.69, 9.17) is 10.7 Å². The first-order valence-electron chi connectivity index (χ1n) is 7.71. The molecule has 0 heterocycles. The number of hydrogen-bond donors (Lipinski definition) is 1. The Bertz CT molecular complexity index is 754. The van der Waals surface area contributed by atoms with E-state index in [2.05, 4.69) is 37.3 Å². The van der Waals surface area contributed by atoms with Crippen LogP contribution in [0.15, 0.2) is 53.6 Å². The number of rotatable bonds is 5. The van der Waals surface area contributed by atoms with Crippen LogP contribution in [0.3, 0.4) is 0 Å². The van der Waals surface area contributed by atoms with Gasteiger partial charge < -0.3 is 5.41 Å². The smallest absolute Gasteiger partial charge is 0.0991 e. The largest absolute Gasteiger partial charge is 0.312 e. The molecule has 1 aliphatic carbocycles. The molecule has 0 bridgehead atoms. The maximum absolute atomic E-state index is 9.54. The van der Waals surface area contributed by atoms with Crippen LogP contribution in [-0.4, -0.2) is 6.21 Å². The van der Waals surface area contributed by atoms with Crippen molar-refractivity contribution >= 4 is 12.3 Å². The second-order valence-corrected chi connectivity index (χ2v) is 5.54. The summed E-state index contributed by atoms with van der Waals surface area (Å²) in [5.41, 5.74) is 3.19. The van der Waals surface area contributed by atoms with Gasteiger partial charge in [-0.1, -0.05) is 42.9 Å². The molecule has 1 aromatic rings. The van der Waals surface area contributed by atoms with E-state index >= 15 is 0 Å². The fraction of sp³-hybridized carbons (Fsp3) is 0.250. The average Bonchev–Trinajstić information content (AvgIpc) is 2.61. The van der Waals surface area contributed by atoms with Crippen molar-refractivity contribution in [3.8, 4) is 12.1 Å². The Kier molecular flexibility index (Phi) is 5.67. The summed E-state index contributed by atoms with van der Waals surface area (Å²) in [7, 11) is 0. The van der Waals surface area contributed by atoms with Crippen LogP contribution in [0.5, 0.6) is 0 Å². The normalized spacial score (nSPS) is 18.5. The second kappa shape index (κ2) is 7.92. The maximum atomic E-state index is 9.54. The Morgan fingerprint density at radius 3 is 2.91 bits per heavy atom. The highest BCUT2D eigenvalue weighted by Crippen LogP contribution is 2.30. The lowest BCUT2D eigenvalue weighted by molar-refractivity contribution is 0.574. The standard InChI is InChI=1S/C20H19N3/c1-2-15-5-4-8-18(10-15)20(14-23)19(13-22)11-16-6-3-7-17(9-16)12-21/h3-7,9-11,14,18,20,23H,2,8H2,1H3/b19-11+,23-14?. The van der Waals surface area contributed by atoms with Gasteiger partial charge in [-0.05, 0) is 42.5 Å². The van der Waals surface area contributed by atoms with Crippen molar-refractivity contribution in [3.63, 3.8) is 0 Å². The molecule has 114 valence electrons. The highest BCUT2D eigenvalue weighted by molar-refractivity contribution is 5.71. The van der Waals surface area contributed by atoms with Crippen molar-refractivity contribution in [1.29, 1.82) is 15.9 Å². The second-order valence-electron chi connectivity index (χ2n) is 5.54. The minimum Gasteiger partial charge on any atom is -0.312 e. The third-order valence-corrected chi connectivity index (χ3v) is 4.04. The summed E-state index contributed by atoms with van der Waals surface area (Å²) in [6.07, 6.45) is 11.3. The van der Waals surface area contributed by atoms with Gasteiger partial charge in [-0.2, -0.15) is 10.5 Å². The summed E-state index contributed by atoms with van der Waals surface area (Å²) in [6, 6.07) is 11.5. The Hall–Kier alpha value is -2.91. The Morgan fingerprint density at radius 2 is 2.26 bits per heavy atom. The molecular weight excluding hydrogens is 282 g/mol. The molecule has 0 spiro atoms. The first-order valence-corrected chi connectivity index (χ1v) is 7.71. The van der Waals surface area contributed by atoms with Gasteiger partial charge in [0.25, 0.3) is 0 Å². The summed E-state index contributed by atoms with van der Waals surface area (Å²) in [5, 5.41) is 26.3. The monoisotopic (exact) mass is 301 g/mol. The van der Waals surface area contributed by atoms with Crippen LogP contribution in [-0.2, 0) is 0 Å². The van der Waals surface area contributed by atoms with Crippen molar-refractivity contribution in [2.75, 3.05) is 0 Å². The Labute approximate surface area is 137 Å². The molecule has 1 N–H and O–H groups in total. The van der Waals surface area contributed by atoms with Gasteiger partial charge in [0.05, 0.1) is 17.7 Å². The number of hydrogen-bond acceptors (Lipinski definition) is 3. The highest BCUT2D eigenvalue weighted by atomic mass is 14.4. The zero-order chi connectivity index (χ0) is 16.7. The van der Waals surface area contributed by atoms with Gasteiger partial charge in [-0.15, -0.1) is 0 Å². The van der Waals surface area contributed by atoms with Crippen LogP contribution in [0, 0.1) is 39.9 Å². The van der Waals surface area contributed by atoms with Gasteiger partial charge in [0.2, 0.25) is 0 Å². The van der Waals surface area contributed by atoms with Gasteiger partial charge in [0.1, 0.15) is 0 Å². The molecule has 0 saturated carbocycles. The number of benzene rings is 1. The number of nitrogens with one attached hydrogen (secondary N) is 1. The van der Waals surface area contributed by atoms with E-state index in [1.54, 1.807) is 24.3 Å². The van der Waals surface area contributed by atoms with Gasteiger partial charge in [-0.3, -0.25) is 0 Å². The quantitative estimate of drug-likeness (QED) is 0.635. The van der Waals surface area contributed by atoms with Crippen molar-refractivity contribution in [1.82, 2.24) is 0 Å². The number of nitriles is 2. The van der Waals surface area contributed by atoms with E-state index in [-0.39, 0.29) is 11.8 Å².